The highest BCUT2D eigenvalue weighted by atomic mass is 32.1. The third-order valence-electron chi connectivity index (χ3n) is 2.00. The van der Waals surface area contributed by atoms with E-state index in [9.17, 15) is 4.79 Å². The second kappa shape index (κ2) is 4.84. The zero-order chi connectivity index (χ0) is 11.4. The molecule has 2 heterocycles. The number of hydrogen-bond acceptors (Lipinski definition) is 6. The molecule has 0 bridgehead atoms. The minimum Gasteiger partial charge on any atom is -0.469 e. The van der Waals surface area contributed by atoms with Crippen LogP contribution < -0.4 is 0 Å². The predicted octanol–water partition coefficient (Wildman–Crippen LogP) is 1.03. The Morgan fingerprint density at radius 2 is 2.50 bits per heavy atom. The first-order chi connectivity index (χ1) is 7.79. The molecule has 84 valence electrons. The average molecular weight is 238 g/mol. The van der Waals surface area contributed by atoms with Crippen LogP contribution >= 0.6 is 11.3 Å². The number of aromatic nitrogens is 4. The Balaban J connectivity index is 2.00. The van der Waals surface area contributed by atoms with E-state index in [1.807, 2.05) is 5.38 Å². The summed E-state index contributed by atoms with van der Waals surface area (Å²) in [7, 11) is 1.38. The number of carbonyl (C=O) groups excluding carboxylic acids is 1. The van der Waals surface area contributed by atoms with Crippen molar-refractivity contribution in [2.75, 3.05) is 7.11 Å². The van der Waals surface area contributed by atoms with Crippen molar-refractivity contribution in [3.63, 3.8) is 0 Å². The number of aromatic amines is 1. The van der Waals surface area contributed by atoms with Crippen LogP contribution in [-0.4, -0.2) is 33.5 Å². The molecule has 0 saturated carbocycles. The Labute approximate surface area is 95.7 Å². The molecule has 0 radical (unpaired) electrons. The summed E-state index contributed by atoms with van der Waals surface area (Å²) in [5.41, 5.74) is 1.59. The number of esters is 1. The van der Waals surface area contributed by atoms with Crippen LogP contribution in [0.1, 0.15) is 12.1 Å². The maximum Gasteiger partial charge on any atom is 0.305 e. The Morgan fingerprint density at radius 3 is 3.19 bits per heavy atom. The zero-order valence-electron chi connectivity index (χ0n) is 8.64. The fourth-order valence-corrected chi connectivity index (χ4v) is 1.98. The number of rotatable bonds is 4. The maximum atomic E-state index is 10.9. The monoisotopic (exact) mass is 238 g/mol. The summed E-state index contributed by atoms with van der Waals surface area (Å²) >= 11 is 1.48. The smallest absolute Gasteiger partial charge is 0.305 e. The van der Waals surface area contributed by atoms with Crippen LogP contribution in [0, 0.1) is 0 Å². The summed E-state index contributed by atoms with van der Waals surface area (Å²) < 4.78 is 4.56. The Hall–Kier alpha value is -1.76. The molecule has 0 aliphatic carbocycles. The van der Waals surface area contributed by atoms with E-state index < -0.39 is 0 Å². The van der Waals surface area contributed by atoms with Gasteiger partial charge >= 0.3 is 5.97 Å². The number of H-pyrrole nitrogens is 1. The number of hydrogen-bond donors (Lipinski definition) is 1. The van der Waals surface area contributed by atoms with Crippen LogP contribution in [0.25, 0.3) is 10.7 Å². The Morgan fingerprint density at radius 1 is 1.62 bits per heavy atom. The van der Waals surface area contributed by atoms with Crippen LogP contribution in [0.15, 0.2) is 11.6 Å². The van der Waals surface area contributed by atoms with Crippen LogP contribution in [0.2, 0.25) is 0 Å². The van der Waals surface area contributed by atoms with Crippen molar-refractivity contribution in [2.24, 2.45) is 0 Å². The lowest BCUT2D eigenvalue weighted by Crippen LogP contribution is -2.01. The molecular weight excluding hydrogens is 228 g/mol. The van der Waals surface area contributed by atoms with Crippen molar-refractivity contribution >= 4 is 17.3 Å². The summed E-state index contributed by atoms with van der Waals surface area (Å²) in [6, 6.07) is 0. The highest BCUT2D eigenvalue weighted by Gasteiger charge is 2.08. The quantitative estimate of drug-likeness (QED) is 0.805. The first-order valence-electron chi connectivity index (χ1n) is 4.67. The molecule has 0 aliphatic rings. The molecule has 6 nitrogen and oxygen atoms in total. The standard InChI is InChI=1S/C9H10N4O2S/c1-15-8(14)3-2-6-5-16-9(11-6)7-4-10-13-12-7/h4-5H,2-3H2,1H3,(H,10,12,13). The van der Waals surface area contributed by atoms with Crippen LogP contribution in [-0.2, 0) is 16.0 Å². The molecule has 2 aromatic heterocycles. The van der Waals surface area contributed by atoms with Crippen LogP contribution in [0.3, 0.4) is 0 Å². The molecule has 1 N–H and O–H groups in total. The molecule has 0 unspecified atom stereocenters. The number of aryl methyl sites for hydroxylation is 1. The van der Waals surface area contributed by atoms with Gasteiger partial charge in [-0.05, 0) is 0 Å². The van der Waals surface area contributed by atoms with E-state index in [0.29, 0.717) is 18.5 Å². The van der Waals surface area contributed by atoms with Gasteiger partial charge in [0.2, 0.25) is 0 Å². The highest BCUT2D eigenvalue weighted by molar-refractivity contribution is 7.13. The third-order valence-corrected chi connectivity index (χ3v) is 2.91. The topological polar surface area (TPSA) is 80.8 Å². The molecule has 0 aliphatic heterocycles. The first kappa shape index (κ1) is 10.7. The van der Waals surface area contributed by atoms with E-state index in [1.165, 1.54) is 18.4 Å². The summed E-state index contributed by atoms with van der Waals surface area (Å²) in [5, 5.41) is 12.9. The fourth-order valence-electron chi connectivity index (χ4n) is 1.18. The minimum absolute atomic E-state index is 0.226. The van der Waals surface area contributed by atoms with Crippen LogP contribution in [0.5, 0.6) is 0 Å². The summed E-state index contributed by atoms with van der Waals surface area (Å²) in [6.07, 6.45) is 2.54. The SMILES string of the molecule is COC(=O)CCc1csc(-c2cn[nH]n2)n1. The second-order valence-electron chi connectivity index (χ2n) is 3.08. The number of thiazole rings is 1. The summed E-state index contributed by atoms with van der Waals surface area (Å²) in [5.74, 6) is -0.226. The third kappa shape index (κ3) is 2.43. The molecule has 0 atom stereocenters. The molecule has 7 heteroatoms. The summed E-state index contributed by atoms with van der Waals surface area (Å²) in [4.78, 5) is 15.3. The average Bonchev–Trinajstić information content (AvgIpc) is 2.95. The molecule has 0 spiro atoms. The maximum absolute atomic E-state index is 10.9. The van der Waals surface area contributed by atoms with Gasteiger partial charge in [-0.3, -0.25) is 4.79 Å². The van der Waals surface area contributed by atoms with Crippen molar-refractivity contribution in [3.05, 3.63) is 17.3 Å². The minimum atomic E-state index is -0.226. The second-order valence-corrected chi connectivity index (χ2v) is 3.93. The lowest BCUT2D eigenvalue weighted by Gasteiger charge is -1.95. The number of carbonyl (C=O) groups is 1. The fraction of sp³-hybridized carbons (Fsp3) is 0.333. The van der Waals surface area contributed by atoms with Gasteiger partial charge in [-0.1, -0.05) is 0 Å². The van der Waals surface area contributed by atoms with E-state index in [0.717, 1.165) is 10.7 Å². The Bertz CT molecular complexity index is 466. The molecule has 0 aromatic carbocycles. The number of methoxy groups -OCH3 is 1. The number of ether oxygens (including phenoxy) is 1. The molecule has 16 heavy (non-hydrogen) atoms. The van der Waals surface area contributed by atoms with Gasteiger partial charge in [0, 0.05) is 11.8 Å². The van der Waals surface area contributed by atoms with Gasteiger partial charge in [-0.25, -0.2) is 4.98 Å². The van der Waals surface area contributed by atoms with E-state index in [2.05, 4.69) is 25.1 Å². The molecule has 0 fully saturated rings. The first-order valence-corrected chi connectivity index (χ1v) is 5.55. The van der Waals surface area contributed by atoms with E-state index >= 15 is 0 Å². The van der Waals surface area contributed by atoms with Gasteiger partial charge in [0.15, 0.2) is 0 Å². The zero-order valence-corrected chi connectivity index (χ0v) is 9.45. The van der Waals surface area contributed by atoms with Gasteiger partial charge in [0.1, 0.15) is 10.7 Å². The van der Waals surface area contributed by atoms with Crippen molar-refractivity contribution in [1.29, 1.82) is 0 Å². The molecule has 2 rings (SSSR count). The number of nitrogens with zero attached hydrogens (tertiary/aromatic N) is 3. The lowest BCUT2D eigenvalue weighted by atomic mass is 10.2. The number of nitrogens with one attached hydrogen (secondary N) is 1. The van der Waals surface area contributed by atoms with Gasteiger partial charge in [0.05, 0.1) is 25.4 Å². The lowest BCUT2D eigenvalue weighted by molar-refractivity contribution is -0.140. The Kier molecular flexibility index (Phi) is 3.25. The van der Waals surface area contributed by atoms with Crippen molar-refractivity contribution in [1.82, 2.24) is 20.4 Å². The van der Waals surface area contributed by atoms with Gasteiger partial charge in [0.25, 0.3) is 0 Å². The van der Waals surface area contributed by atoms with Gasteiger partial charge in [-0.15, -0.1) is 11.3 Å². The van der Waals surface area contributed by atoms with Gasteiger partial charge in [-0.2, -0.15) is 15.4 Å². The van der Waals surface area contributed by atoms with Gasteiger partial charge < -0.3 is 4.74 Å². The molecule has 0 saturated heterocycles. The normalized spacial score (nSPS) is 10.3. The van der Waals surface area contributed by atoms with E-state index in [4.69, 9.17) is 0 Å². The molecular formula is C9H10N4O2S. The van der Waals surface area contributed by atoms with E-state index in [-0.39, 0.29) is 5.97 Å². The van der Waals surface area contributed by atoms with Crippen LogP contribution in [0.4, 0.5) is 0 Å². The molecule has 2 aromatic rings. The summed E-state index contributed by atoms with van der Waals surface area (Å²) in [6.45, 7) is 0. The van der Waals surface area contributed by atoms with E-state index in [1.54, 1.807) is 6.20 Å². The predicted molar refractivity (Wildman–Crippen MR) is 57.8 cm³/mol. The largest absolute Gasteiger partial charge is 0.469 e. The highest BCUT2D eigenvalue weighted by Crippen LogP contribution is 2.21. The van der Waals surface area contributed by atoms with Crippen molar-refractivity contribution in [3.8, 4) is 10.7 Å². The molecule has 0 amide bonds. The van der Waals surface area contributed by atoms with Crippen molar-refractivity contribution < 1.29 is 9.53 Å². The van der Waals surface area contributed by atoms with Crippen molar-refractivity contribution in [2.45, 2.75) is 12.8 Å².